The zero-order valence-corrected chi connectivity index (χ0v) is 23.8. The molecule has 2 aliphatic carbocycles. The zero-order valence-electron chi connectivity index (χ0n) is 21.5. The Kier molecular flexibility index (Phi) is 6.62. The number of benzene rings is 2. The van der Waals surface area contributed by atoms with E-state index in [0.29, 0.717) is 0 Å². The smallest absolute Gasteiger partial charge is 0.328 e. The highest BCUT2D eigenvalue weighted by Crippen LogP contribution is 2.66. The first kappa shape index (κ1) is 30.3. The summed E-state index contributed by atoms with van der Waals surface area (Å²) in [7, 11) is 0. The van der Waals surface area contributed by atoms with Crippen molar-refractivity contribution in [1.82, 2.24) is 4.90 Å². The Morgan fingerprint density at radius 3 is 2.09 bits per heavy atom. The summed E-state index contributed by atoms with van der Waals surface area (Å²) in [5, 5.41) is 10.8. The number of nitrogens with zero attached hydrogens (tertiary/aromatic N) is 2. The van der Waals surface area contributed by atoms with Crippen molar-refractivity contribution in [2.75, 3.05) is 4.90 Å². The SMILES string of the molecule is NC(=O)N1C(=O)[C@H]2[C@H](CC=C3[C@H]2C[C@@]2(Cl)C(=O)N(c4c(F)c(F)c(F)c(F)c4F)C(=O)[C@@]2(Cl)[C@H]3c2cc(Cl)ccc2O)C1=O. The van der Waals surface area contributed by atoms with Crippen LogP contribution in [0.4, 0.5) is 32.4 Å². The lowest BCUT2D eigenvalue weighted by Gasteiger charge is -2.50. The number of halogens is 8. The van der Waals surface area contributed by atoms with Gasteiger partial charge >= 0.3 is 6.03 Å². The molecule has 44 heavy (non-hydrogen) atoms. The number of allylic oxidation sites excluding steroid dienone is 2. The summed E-state index contributed by atoms with van der Waals surface area (Å²) in [4.78, 5) is 60.6. The molecule has 9 nitrogen and oxygen atoms in total. The number of anilines is 1. The van der Waals surface area contributed by atoms with E-state index in [0.717, 1.165) is 12.1 Å². The third-order valence-corrected chi connectivity index (χ3v) is 10.4. The number of nitrogens with two attached hydrogens (primary N) is 1. The van der Waals surface area contributed by atoms with Gasteiger partial charge in [0.15, 0.2) is 33.0 Å². The van der Waals surface area contributed by atoms with Gasteiger partial charge < -0.3 is 10.8 Å². The first-order chi connectivity index (χ1) is 20.5. The Labute approximate surface area is 257 Å². The summed E-state index contributed by atoms with van der Waals surface area (Å²) in [6, 6.07) is 2.08. The highest BCUT2D eigenvalue weighted by atomic mass is 35.5. The van der Waals surface area contributed by atoms with Crippen molar-refractivity contribution in [1.29, 1.82) is 0 Å². The van der Waals surface area contributed by atoms with Crippen LogP contribution in [0.25, 0.3) is 0 Å². The highest BCUT2D eigenvalue weighted by molar-refractivity contribution is 6.58. The van der Waals surface area contributed by atoms with Gasteiger partial charge in [-0.15, -0.1) is 23.2 Å². The second-order valence-electron chi connectivity index (χ2n) is 10.7. The van der Waals surface area contributed by atoms with Crippen LogP contribution in [-0.2, 0) is 19.2 Å². The van der Waals surface area contributed by atoms with Crippen LogP contribution in [0.5, 0.6) is 5.75 Å². The molecule has 1 saturated carbocycles. The molecule has 0 unspecified atom stereocenters. The van der Waals surface area contributed by atoms with Crippen molar-refractivity contribution < 1.29 is 51.0 Å². The monoisotopic (exact) mass is 677 g/mol. The number of imide groups is 4. The maximum Gasteiger partial charge on any atom is 0.328 e. The van der Waals surface area contributed by atoms with Gasteiger partial charge in [-0.05, 0) is 37.0 Å². The molecule has 2 aliphatic heterocycles. The van der Waals surface area contributed by atoms with Crippen LogP contribution in [-0.4, -0.2) is 49.4 Å². The second-order valence-corrected chi connectivity index (χ2v) is 12.4. The predicted octanol–water partition coefficient (Wildman–Crippen LogP) is 4.38. The average molecular weight is 679 g/mol. The molecule has 2 saturated heterocycles. The second kappa shape index (κ2) is 9.62. The molecular formula is C27H15Cl3F5N3O6. The number of aromatic hydroxyl groups is 1. The van der Waals surface area contributed by atoms with Crippen LogP contribution in [0.3, 0.4) is 0 Å². The molecule has 230 valence electrons. The lowest BCUT2D eigenvalue weighted by atomic mass is 9.56. The van der Waals surface area contributed by atoms with Crippen molar-refractivity contribution in [3.05, 3.63) is 69.5 Å². The number of amides is 6. The van der Waals surface area contributed by atoms with Crippen molar-refractivity contribution in [3.63, 3.8) is 0 Å². The highest BCUT2D eigenvalue weighted by Gasteiger charge is 2.77. The largest absolute Gasteiger partial charge is 0.508 e. The summed E-state index contributed by atoms with van der Waals surface area (Å²) < 4.78 is 72.3. The van der Waals surface area contributed by atoms with E-state index >= 15 is 0 Å². The number of urea groups is 1. The minimum Gasteiger partial charge on any atom is -0.508 e. The molecule has 0 bridgehead atoms. The minimum atomic E-state index is -2.84. The number of carbonyl (C=O) groups excluding carboxylic acids is 5. The van der Waals surface area contributed by atoms with Gasteiger partial charge in [0, 0.05) is 16.5 Å². The Morgan fingerprint density at radius 1 is 0.909 bits per heavy atom. The van der Waals surface area contributed by atoms with E-state index in [1.807, 2.05) is 0 Å². The number of alkyl halides is 2. The Morgan fingerprint density at radius 2 is 1.50 bits per heavy atom. The van der Waals surface area contributed by atoms with Gasteiger partial charge in [-0.2, -0.15) is 4.90 Å². The molecule has 4 aliphatic rings. The molecule has 6 amide bonds. The van der Waals surface area contributed by atoms with Crippen LogP contribution in [0.1, 0.15) is 24.3 Å². The Balaban J connectivity index is 1.62. The van der Waals surface area contributed by atoms with Crippen molar-refractivity contribution in [2.45, 2.75) is 28.5 Å². The fourth-order valence-electron chi connectivity index (χ4n) is 6.89. The number of hydrogen-bond donors (Lipinski definition) is 2. The maximum absolute atomic E-state index is 15.0. The van der Waals surface area contributed by atoms with E-state index in [1.54, 1.807) is 0 Å². The van der Waals surface area contributed by atoms with Gasteiger partial charge in [0.1, 0.15) is 11.4 Å². The van der Waals surface area contributed by atoms with E-state index in [-0.39, 0.29) is 32.4 Å². The lowest BCUT2D eigenvalue weighted by molar-refractivity contribution is -0.136. The summed E-state index contributed by atoms with van der Waals surface area (Å²) in [5.41, 5.74) is 3.11. The quantitative estimate of drug-likeness (QED) is 0.121. The number of carbonyl (C=O) groups is 5. The number of rotatable bonds is 2. The molecular weight excluding hydrogens is 664 g/mol. The van der Waals surface area contributed by atoms with Gasteiger partial charge in [-0.25, -0.2) is 31.6 Å². The van der Waals surface area contributed by atoms with Crippen LogP contribution >= 0.6 is 34.8 Å². The Bertz CT molecular complexity index is 1780. The number of phenolic OH excluding ortho intramolecular Hbond substituents is 1. The minimum absolute atomic E-state index is 0.0323. The van der Waals surface area contributed by atoms with Gasteiger partial charge in [0.2, 0.25) is 17.6 Å². The molecule has 0 aromatic heterocycles. The number of fused-ring (bicyclic) bond motifs is 4. The molecule has 6 rings (SSSR count). The Hall–Kier alpha value is -3.75. The lowest BCUT2D eigenvalue weighted by Crippen LogP contribution is -2.60. The van der Waals surface area contributed by atoms with E-state index < -0.39 is 110 Å². The molecule has 3 N–H and O–H groups in total. The molecule has 2 heterocycles. The summed E-state index contributed by atoms with van der Waals surface area (Å²) in [6.07, 6.45) is 0.380. The first-order valence-corrected chi connectivity index (χ1v) is 13.8. The van der Waals surface area contributed by atoms with Crippen molar-refractivity contribution in [3.8, 4) is 5.75 Å². The van der Waals surface area contributed by atoms with E-state index in [1.165, 1.54) is 12.1 Å². The summed E-state index contributed by atoms with van der Waals surface area (Å²) in [6.45, 7) is 0. The number of likely N-dealkylation sites (tertiary alicyclic amines) is 1. The fourth-order valence-corrected chi connectivity index (χ4v) is 7.99. The van der Waals surface area contributed by atoms with Crippen LogP contribution in [0.2, 0.25) is 5.02 Å². The van der Waals surface area contributed by atoms with E-state index in [2.05, 4.69) is 0 Å². The molecule has 17 heteroatoms. The van der Waals surface area contributed by atoms with Crippen molar-refractivity contribution in [2.24, 2.45) is 23.5 Å². The molecule has 3 fully saturated rings. The topological polar surface area (TPSA) is 138 Å². The third kappa shape index (κ3) is 3.55. The summed E-state index contributed by atoms with van der Waals surface area (Å²) in [5.74, 6) is -24.1. The third-order valence-electron chi connectivity index (χ3n) is 8.74. The van der Waals surface area contributed by atoms with Gasteiger partial charge in [-0.3, -0.25) is 19.2 Å². The average Bonchev–Trinajstić information content (AvgIpc) is 3.31. The maximum atomic E-state index is 15.0. The molecule has 2 aromatic rings. The standard InChI is InChI=1S/C27H15Cl3F5N3O6/c28-7-1-4-12(39)10(5-7)14-8-2-3-9-13(22(41)38(21(9)40)25(36)44)11(8)6-26(29)23(42)37(24(43)27(14,26)30)20-18(34)16(32)15(31)17(33)19(20)35/h1-2,4-5,9,11,13-14,39H,3,6H2,(H2,36,44)/t9-,11+,13-,14+,26+,27-/m0/s1. The van der Waals surface area contributed by atoms with Crippen LogP contribution < -0.4 is 10.6 Å². The normalized spacial score (nSPS) is 31.2. The zero-order chi connectivity index (χ0) is 32.4. The molecule has 0 spiro atoms. The van der Waals surface area contributed by atoms with Gasteiger partial charge in [0.05, 0.1) is 11.8 Å². The van der Waals surface area contributed by atoms with Crippen LogP contribution in [0, 0.1) is 46.8 Å². The number of phenols is 1. The molecule has 6 atom stereocenters. The fraction of sp³-hybridized carbons (Fsp3) is 0.296. The van der Waals surface area contributed by atoms with Crippen molar-refractivity contribution >= 4 is 70.2 Å². The van der Waals surface area contributed by atoms with E-state index in [4.69, 9.17) is 40.5 Å². The molecule has 0 radical (unpaired) electrons. The van der Waals surface area contributed by atoms with Gasteiger partial charge in [0.25, 0.3) is 11.8 Å². The summed E-state index contributed by atoms with van der Waals surface area (Å²) >= 11 is 20.0. The number of hydrogen-bond acceptors (Lipinski definition) is 6. The number of primary amides is 1. The molecule has 2 aromatic carbocycles. The van der Waals surface area contributed by atoms with Crippen LogP contribution in [0.15, 0.2) is 29.8 Å². The predicted molar refractivity (Wildman–Crippen MR) is 141 cm³/mol. The first-order valence-electron chi connectivity index (χ1n) is 12.6. The van der Waals surface area contributed by atoms with Gasteiger partial charge in [-0.1, -0.05) is 23.3 Å². The van der Waals surface area contributed by atoms with E-state index in [9.17, 15) is 51.0 Å².